The van der Waals surface area contributed by atoms with E-state index in [1.165, 1.54) is 0 Å². The minimum atomic E-state index is -0.267. The van der Waals surface area contributed by atoms with Crippen molar-refractivity contribution in [2.75, 3.05) is 6.61 Å². The molecule has 0 aliphatic heterocycles. The van der Waals surface area contributed by atoms with Gasteiger partial charge in [-0.05, 0) is 37.0 Å². The Morgan fingerprint density at radius 2 is 1.83 bits per heavy atom. The van der Waals surface area contributed by atoms with Crippen LogP contribution in [0.1, 0.15) is 30.4 Å². The van der Waals surface area contributed by atoms with Crippen molar-refractivity contribution in [3.05, 3.63) is 65.7 Å². The predicted octanol–water partition coefficient (Wildman–Crippen LogP) is 3.13. The molecule has 1 saturated carbocycles. The molecular weight excluding hydrogens is 288 g/mol. The van der Waals surface area contributed by atoms with Gasteiger partial charge in [0.25, 0.3) is 5.91 Å². The topological polar surface area (TPSA) is 62.1 Å². The zero-order valence-electron chi connectivity index (χ0n) is 12.8. The molecule has 23 heavy (non-hydrogen) atoms. The first-order valence-corrected chi connectivity index (χ1v) is 7.72. The molecule has 0 spiro atoms. The summed E-state index contributed by atoms with van der Waals surface area (Å²) in [4.78, 5) is 12.3. The van der Waals surface area contributed by atoms with Gasteiger partial charge in [-0.25, -0.2) is 0 Å². The van der Waals surface area contributed by atoms with Crippen LogP contribution in [0.4, 0.5) is 0 Å². The molecule has 116 valence electrons. The summed E-state index contributed by atoms with van der Waals surface area (Å²) < 4.78 is 5.51. The number of carbonyl (C=O) groups excluding carboxylic acids is 1. The van der Waals surface area contributed by atoms with E-state index in [-0.39, 0.29) is 18.1 Å². The summed E-state index contributed by atoms with van der Waals surface area (Å²) >= 11 is 0. The van der Waals surface area contributed by atoms with E-state index in [9.17, 15) is 4.79 Å². The van der Waals surface area contributed by atoms with Crippen LogP contribution in [0.15, 0.2) is 54.6 Å². The number of para-hydroxylation sites is 1. The average molecular weight is 306 g/mol. The van der Waals surface area contributed by atoms with Gasteiger partial charge >= 0.3 is 0 Å². The van der Waals surface area contributed by atoms with Crippen molar-refractivity contribution in [1.82, 2.24) is 5.32 Å². The molecule has 1 fully saturated rings. The van der Waals surface area contributed by atoms with E-state index in [1.54, 1.807) is 24.3 Å². The van der Waals surface area contributed by atoms with Gasteiger partial charge in [0.05, 0.1) is 11.1 Å². The van der Waals surface area contributed by atoms with Crippen molar-refractivity contribution in [1.29, 1.82) is 5.26 Å². The summed E-state index contributed by atoms with van der Waals surface area (Å²) in [6.45, 7) is -0.0900. The van der Waals surface area contributed by atoms with Crippen LogP contribution in [0.25, 0.3) is 0 Å². The largest absolute Gasteiger partial charge is 0.482 e. The number of hydrogen-bond acceptors (Lipinski definition) is 3. The standard InChI is InChI=1S/C19H18N2O2/c20-13-15-7-4-5-10-17(15)23-14-18(22)21-19(11-6-12-19)16-8-2-1-3-9-16/h1-5,7-10H,6,11-12,14H2,(H,21,22). The maximum absolute atomic E-state index is 12.3. The summed E-state index contributed by atoms with van der Waals surface area (Å²) in [6, 6.07) is 19.0. The summed E-state index contributed by atoms with van der Waals surface area (Å²) in [5.41, 5.74) is 1.30. The fourth-order valence-electron chi connectivity index (χ4n) is 2.90. The first-order chi connectivity index (χ1) is 11.2. The number of amides is 1. The molecule has 0 atom stereocenters. The van der Waals surface area contributed by atoms with Gasteiger partial charge in [0, 0.05) is 0 Å². The zero-order chi connectivity index (χ0) is 16.1. The Kier molecular flexibility index (Phi) is 4.29. The van der Waals surface area contributed by atoms with Crippen molar-refractivity contribution >= 4 is 5.91 Å². The normalized spacial score (nSPS) is 15.1. The van der Waals surface area contributed by atoms with Gasteiger partial charge in [-0.15, -0.1) is 0 Å². The molecular formula is C19H18N2O2. The van der Waals surface area contributed by atoms with Gasteiger partial charge in [0.2, 0.25) is 0 Å². The highest BCUT2D eigenvalue weighted by Crippen LogP contribution is 2.41. The van der Waals surface area contributed by atoms with Crippen LogP contribution >= 0.6 is 0 Å². The Morgan fingerprint density at radius 3 is 2.48 bits per heavy atom. The zero-order valence-corrected chi connectivity index (χ0v) is 12.8. The molecule has 1 amide bonds. The van der Waals surface area contributed by atoms with Crippen LogP contribution in [0, 0.1) is 11.3 Å². The molecule has 4 heteroatoms. The number of nitrogens with zero attached hydrogens (tertiary/aromatic N) is 1. The molecule has 0 aromatic heterocycles. The minimum absolute atomic E-state index is 0.0900. The lowest BCUT2D eigenvalue weighted by molar-refractivity contribution is -0.126. The third-order valence-corrected chi connectivity index (χ3v) is 4.28. The second-order valence-corrected chi connectivity index (χ2v) is 5.75. The highest BCUT2D eigenvalue weighted by Gasteiger charge is 2.39. The fraction of sp³-hybridized carbons (Fsp3) is 0.263. The Morgan fingerprint density at radius 1 is 1.13 bits per heavy atom. The summed E-state index contributed by atoms with van der Waals surface area (Å²) in [5, 5.41) is 12.1. The molecule has 1 N–H and O–H groups in total. The number of hydrogen-bond donors (Lipinski definition) is 1. The van der Waals surface area contributed by atoms with Gasteiger partial charge < -0.3 is 10.1 Å². The van der Waals surface area contributed by atoms with Gasteiger partial charge in [-0.3, -0.25) is 4.79 Å². The van der Waals surface area contributed by atoms with Crippen molar-refractivity contribution in [3.8, 4) is 11.8 Å². The summed E-state index contributed by atoms with van der Waals surface area (Å²) in [6.07, 6.45) is 2.99. The van der Waals surface area contributed by atoms with Crippen LogP contribution in [-0.4, -0.2) is 12.5 Å². The van der Waals surface area contributed by atoms with E-state index in [1.807, 2.05) is 30.3 Å². The molecule has 0 unspecified atom stereocenters. The van der Waals surface area contributed by atoms with Gasteiger partial charge in [0.1, 0.15) is 11.8 Å². The molecule has 2 aromatic carbocycles. The van der Waals surface area contributed by atoms with Gasteiger partial charge in [-0.2, -0.15) is 5.26 Å². The summed E-state index contributed by atoms with van der Waals surface area (Å²) in [7, 11) is 0. The van der Waals surface area contributed by atoms with Crippen molar-refractivity contribution in [3.63, 3.8) is 0 Å². The lowest BCUT2D eigenvalue weighted by Crippen LogP contribution is -2.52. The Balaban J connectivity index is 1.64. The van der Waals surface area contributed by atoms with Crippen molar-refractivity contribution in [2.45, 2.75) is 24.8 Å². The molecule has 0 saturated heterocycles. The monoisotopic (exact) mass is 306 g/mol. The van der Waals surface area contributed by atoms with E-state index < -0.39 is 0 Å². The summed E-state index contributed by atoms with van der Waals surface area (Å²) in [5.74, 6) is 0.272. The molecule has 0 radical (unpaired) electrons. The Labute approximate surface area is 135 Å². The number of carbonyl (C=O) groups is 1. The number of ether oxygens (including phenoxy) is 1. The highest BCUT2D eigenvalue weighted by molar-refractivity contribution is 5.79. The quantitative estimate of drug-likeness (QED) is 0.923. The van der Waals surface area contributed by atoms with Crippen molar-refractivity contribution in [2.24, 2.45) is 0 Å². The fourth-order valence-corrected chi connectivity index (χ4v) is 2.90. The molecule has 0 bridgehead atoms. The van der Waals surface area contributed by atoms with Crippen molar-refractivity contribution < 1.29 is 9.53 Å². The van der Waals surface area contributed by atoms with E-state index in [0.29, 0.717) is 11.3 Å². The number of rotatable bonds is 5. The van der Waals surface area contributed by atoms with Crippen LogP contribution in [-0.2, 0) is 10.3 Å². The predicted molar refractivity (Wildman–Crippen MR) is 86.8 cm³/mol. The van der Waals surface area contributed by atoms with E-state index >= 15 is 0 Å². The number of nitrogens with one attached hydrogen (secondary N) is 1. The van der Waals surface area contributed by atoms with Crippen LogP contribution in [0.3, 0.4) is 0 Å². The third kappa shape index (κ3) is 3.19. The number of benzene rings is 2. The average Bonchev–Trinajstić information content (AvgIpc) is 2.57. The highest BCUT2D eigenvalue weighted by atomic mass is 16.5. The SMILES string of the molecule is N#Cc1ccccc1OCC(=O)NC1(c2ccccc2)CCC1. The van der Waals surface area contributed by atoms with Crippen LogP contribution in [0.2, 0.25) is 0 Å². The van der Waals surface area contributed by atoms with Crippen LogP contribution < -0.4 is 10.1 Å². The van der Waals surface area contributed by atoms with E-state index in [0.717, 1.165) is 24.8 Å². The maximum atomic E-state index is 12.3. The second kappa shape index (κ2) is 6.53. The number of nitriles is 1. The van der Waals surface area contributed by atoms with Gasteiger partial charge in [-0.1, -0.05) is 42.5 Å². The lowest BCUT2D eigenvalue weighted by Gasteiger charge is -2.43. The third-order valence-electron chi connectivity index (χ3n) is 4.28. The van der Waals surface area contributed by atoms with Crippen LogP contribution in [0.5, 0.6) is 5.75 Å². The minimum Gasteiger partial charge on any atom is -0.482 e. The van der Waals surface area contributed by atoms with E-state index in [2.05, 4.69) is 11.4 Å². The molecule has 1 aliphatic carbocycles. The van der Waals surface area contributed by atoms with Gasteiger partial charge in [0.15, 0.2) is 6.61 Å². The molecule has 2 aromatic rings. The molecule has 1 aliphatic rings. The first-order valence-electron chi connectivity index (χ1n) is 7.72. The second-order valence-electron chi connectivity index (χ2n) is 5.75. The lowest BCUT2D eigenvalue weighted by atomic mass is 9.72. The maximum Gasteiger partial charge on any atom is 0.258 e. The Hall–Kier alpha value is -2.80. The first kappa shape index (κ1) is 15.1. The molecule has 3 rings (SSSR count). The Bertz CT molecular complexity index is 731. The smallest absolute Gasteiger partial charge is 0.258 e. The van der Waals surface area contributed by atoms with E-state index in [4.69, 9.17) is 10.00 Å². The molecule has 4 nitrogen and oxygen atoms in total. The molecule has 0 heterocycles.